The molecule has 0 saturated carbocycles. The Morgan fingerprint density at radius 3 is 2.51 bits per heavy atom. The van der Waals surface area contributed by atoms with Gasteiger partial charge in [0, 0.05) is 36.9 Å². The number of fused-ring (bicyclic) bond motifs is 2. The number of hydrogen-bond acceptors (Lipinski definition) is 4. The number of aromatic nitrogens is 4. The Bertz CT molecular complexity index is 1680. The van der Waals surface area contributed by atoms with Crippen LogP contribution in [0.2, 0.25) is 10.0 Å². The molecule has 1 amide bonds. The fraction of sp³-hybridized carbons (Fsp3) is 0.185. The topological polar surface area (TPSA) is 88.4 Å². The fourth-order valence-electron chi connectivity index (χ4n) is 4.48. The number of carbonyl (C=O) groups excluding carboxylic acids is 2. The lowest BCUT2D eigenvalue weighted by molar-refractivity contribution is 0.0793. The van der Waals surface area contributed by atoms with E-state index in [4.69, 9.17) is 28.6 Å². The van der Waals surface area contributed by atoms with Gasteiger partial charge in [0.2, 0.25) is 5.62 Å². The molecular weight excluding hydrogens is 511 g/mol. The van der Waals surface area contributed by atoms with Gasteiger partial charge in [-0.05, 0) is 55.0 Å². The predicted molar refractivity (Wildman–Crippen MR) is 143 cm³/mol. The minimum absolute atomic E-state index is 0.00255. The third-order valence-electron chi connectivity index (χ3n) is 6.38. The van der Waals surface area contributed by atoms with Crippen LogP contribution in [0.25, 0.3) is 16.6 Å². The lowest BCUT2D eigenvalue weighted by atomic mass is 10.1. The normalized spacial score (nSPS) is 11.3. The number of aryl methyl sites for hydroxylation is 1. The van der Waals surface area contributed by atoms with Gasteiger partial charge in [-0.3, -0.25) is 15.0 Å². The van der Waals surface area contributed by atoms with Crippen molar-refractivity contribution in [2.75, 3.05) is 13.6 Å². The second-order valence-corrected chi connectivity index (χ2v) is 9.61. The molecule has 0 spiro atoms. The molecule has 3 heterocycles. The number of halogens is 2. The Morgan fingerprint density at radius 1 is 0.973 bits per heavy atom. The molecule has 10 heteroatoms. The van der Waals surface area contributed by atoms with E-state index < -0.39 is 0 Å². The number of pyridine rings is 1. The number of rotatable bonds is 8. The summed E-state index contributed by atoms with van der Waals surface area (Å²) in [6.07, 6.45) is 3.97. The maximum atomic E-state index is 13.0. The number of para-hydroxylation sites is 1. The smallest absolute Gasteiger partial charge is 0.257 e. The molecule has 188 valence electrons. The molecule has 3 aromatic heterocycles. The molecule has 37 heavy (non-hydrogen) atoms. The standard InChI is InChI=1S/C27H24Cl2N6O2/c1-32(26(37)20-16-31-35-15-3-2-7-22(20)35)13-5-14-33-25-21(29)6-4-8-23(25)34(27(33)30)17-24(36)18-9-11-19(28)12-10-18/h2-4,6-12,15-16,30H,5,13-14,17H2,1H3. The summed E-state index contributed by atoms with van der Waals surface area (Å²) in [5.41, 5.74) is 3.37. The molecular formula is C27H24Cl2N6O2. The Kier molecular flexibility index (Phi) is 6.86. The van der Waals surface area contributed by atoms with Crippen LogP contribution in [0.15, 0.2) is 73.1 Å². The van der Waals surface area contributed by atoms with Crippen molar-refractivity contribution in [2.45, 2.75) is 19.5 Å². The van der Waals surface area contributed by atoms with E-state index in [1.807, 2.05) is 24.3 Å². The largest absolute Gasteiger partial charge is 0.342 e. The van der Waals surface area contributed by atoms with E-state index in [-0.39, 0.29) is 23.9 Å². The molecule has 2 aromatic carbocycles. The van der Waals surface area contributed by atoms with Crippen LogP contribution in [0, 0.1) is 5.41 Å². The van der Waals surface area contributed by atoms with E-state index >= 15 is 0 Å². The molecule has 0 bridgehead atoms. The summed E-state index contributed by atoms with van der Waals surface area (Å²) in [5, 5.41) is 14.1. The monoisotopic (exact) mass is 534 g/mol. The molecule has 0 saturated heterocycles. The maximum Gasteiger partial charge on any atom is 0.257 e. The zero-order valence-corrected chi connectivity index (χ0v) is 21.6. The van der Waals surface area contributed by atoms with Crippen LogP contribution >= 0.6 is 23.2 Å². The zero-order chi connectivity index (χ0) is 26.1. The highest BCUT2D eigenvalue weighted by Crippen LogP contribution is 2.23. The molecule has 0 aliphatic carbocycles. The van der Waals surface area contributed by atoms with E-state index in [0.29, 0.717) is 51.7 Å². The van der Waals surface area contributed by atoms with Crippen molar-refractivity contribution in [1.29, 1.82) is 5.41 Å². The van der Waals surface area contributed by atoms with Crippen LogP contribution < -0.4 is 5.62 Å². The molecule has 5 aromatic rings. The number of nitrogens with one attached hydrogen (secondary N) is 1. The van der Waals surface area contributed by atoms with Crippen molar-refractivity contribution in [1.82, 2.24) is 23.6 Å². The summed E-state index contributed by atoms with van der Waals surface area (Å²) < 4.78 is 5.12. The van der Waals surface area contributed by atoms with E-state index in [1.165, 1.54) is 0 Å². The number of amides is 1. The number of imidazole rings is 1. The van der Waals surface area contributed by atoms with Crippen LogP contribution in [0.1, 0.15) is 27.1 Å². The number of hydrogen-bond donors (Lipinski definition) is 1. The van der Waals surface area contributed by atoms with Crippen LogP contribution in [-0.4, -0.2) is 48.9 Å². The molecule has 1 N–H and O–H groups in total. The summed E-state index contributed by atoms with van der Waals surface area (Å²) in [6, 6.07) is 17.7. The lowest BCUT2D eigenvalue weighted by Gasteiger charge is -2.17. The average molecular weight is 535 g/mol. The van der Waals surface area contributed by atoms with Crippen molar-refractivity contribution in [3.8, 4) is 0 Å². The van der Waals surface area contributed by atoms with Gasteiger partial charge in [-0.2, -0.15) is 5.10 Å². The van der Waals surface area contributed by atoms with Crippen molar-refractivity contribution < 1.29 is 9.59 Å². The van der Waals surface area contributed by atoms with Crippen LogP contribution in [0.5, 0.6) is 0 Å². The molecule has 5 rings (SSSR count). The zero-order valence-electron chi connectivity index (χ0n) is 20.1. The molecule has 0 aliphatic rings. The molecule has 0 unspecified atom stereocenters. The van der Waals surface area contributed by atoms with Gasteiger partial charge in [0.15, 0.2) is 5.78 Å². The Balaban J connectivity index is 1.35. The molecule has 8 nitrogen and oxygen atoms in total. The van der Waals surface area contributed by atoms with Gasteiger partial charge in [0.25, 0.3) is 5.91 Å². The van der Waals surface area contributed by atoms with Crippen molar-refractivity contribution >= 4 is 51.4 Å². The predicted octanol–water partition coefficient (Wildman–Crippen LogP) is 4.92. The minimum atomic E-state index is -0.132. The first-order chi connectivity index (χ1) is 17.8. The van der Waals surface area contributed by atoms with Crippen molar-refractivity contribution in [3.63, 3.8) is 0 Å². The first kappa shape index (κ1) is 24.8. The fourth-order valence-corrected chi connectivity index (χ4v) is 4.87. The van der Waals surface area contributed by atoms with E-state index in [2.05, 4.69) is 5.10 Å². The Hall–Kier alpha value is -3.88. The number of carbonyl (C=O) groups is 2. The summed E-state index contributed by atoms with van der Waals surface area (Å²) in [4.78, 5) is 27.6. The summed E-state index contributed by atoms with van der Waals surface area (Å²) in [7, 11) is 1.75. The molecule has 0 atom stereocenters. The SMILES string of the molecule is CN(CCCn1c(=N)n(CC(=O)c2ccc(Cl)cc2)c2cccc(Cl)c21)C(=O)c1cnn2ccccc12. The van der Waals surface area contributed by atoms with Gasteiger partial charge in [-0.1, -0.05) is 35.3 Å². The Morgan fingerprint density at radius 2 is 1.73 bits per heavy atom. The summed E-state index contributed by atoms with van der Waals surface area (Å²) in [5.74, 6) is -0.251. The highest BCUT2D eigenvalue weighted by Gasteiger charge is 2.19. The highest BCUT2D eigenvalue weighted by molar-refractivity contribution is 6.35. The maximum absolute atomic E-state index is 13.0. The van der Waals surface area contributed by atoms with E-state index in [9.17, 15) is 9.59 Å². The third-order valence-corrected chi connectivity index (χ3v) is 6.94. The van der Waals surface area contributed by atoms with Crippen molar-refractivity contribution in [2.24, 2.45) is 0 Å². The number of Topliss-reactive ketones (excluding diaryl/α,β-unsaturated/α-hetero) is 1. The number of ketones is 1. The first-order valence-corrected chi connectivity index (χ1v) is 12.5. The van der Waals surface area contributed by atoms with E-state index in [0.717, 1.165) is 5.52 Å². The Labute approximate surface area is 222 Å². The van der Waals surface area contributed by atoms with Crippen molar-refractivity contribution in [3.05, 3.63) is 99.8 Å². The molecule has 0 aliphatic heterocycles. The first-order valence-electron chi connectivity index (χ1n) is 11.7. The van der Waals surface area contributed by atoms with Gasteiger partial charge in [0.05, 0.1) is 39.9 Å². The second-order valence-electron chi connectivity index (χ2n) is 8.77. The summed E-state index contributed by atoms with van der Waals surface area (Å²) in [6.45, 7) is 0.918. The van der Waals surface area contributed by atoms with E-state index in [1.54, 1.807) is 74.4 Å². The van der Waals surface area contributed by atoms with Crippen LogP contribution in [0.3, 0.4) is 0 Å². The van der Waals surface area contributed by atoms with Gasteiger partial charge >= 0.3 is 0 Å². The minimum Gasteiger partial charge on any atom is -0.342 e. The highest BCUT2D eigenvalue weighted by atomic mass is 35.5. The quantitative estimate of drug-likeness (QED) is 0.286. The van der Waals surface area contributed by atoms with Gasteiger partial charge in [-0.15, -0.1) is 0 Å². The van der Waals surface area contributed by atoms with Crippen LogP contribution in [-0.2, 0) is 13.1 Å². The van der Waals surface area contributed by atoms with Gasteiger partial charge in [-0.25, -0.2) is 4.52 Å². The molecule has 0 fully saturated rings. The number of benzene rings is 2. The average Bonchev–Trinajstić information content (AvgIpc) is 3.44. The second kappa shape index (κ2) is 10.2. The van der Waals surface area contributed by atoms with Crippen LogP contribution in [0.4, 0.5) is 0 Å². The van der Waals surface area contributed by atoms with Gasteiger partial charge in [0.1, 0.15) is 0 Å². The molecule has 0 radical (unpaired) electrons. The summed E-state index contributed by atoms with van der Waals surface area (Å²) >= 11 is 12.5. The number of nitrogens with zero attached hydrogens (tertiary/aromatic N) is 5. The lowest BCUT2D eigenvalue weighted by Crippen LogP contribution is -2.30. The third kappa shape index (κ3) is 4.77. The van der Waals surface area contributed by atoms with Gasteiger partial charge < -0.3 is 14.0 Å².